The topological polar surface area (TPSA) is 127 Å². The van der Waals surface area contributed by atoms with E-state index in [1.165, 1.54) is 7.11 Å². The van der Waals surface area contributed by atoms with Crippen molar-refractivity contribution in [1.82, 2.24) is 20.3 Å². The smallest absolute Gasteiger partial charge is 0.322 e. The molecule has 1 rings (SSSR count). The molecule has 0 aromatic carbocycles. The van der Waals surface area contributed by atoms with Gasteiger partial charge in [-0.15, -0.1) is 0 Å². The molecule has 1 aromatic heterocycles. The molecule has 5 N–H and O–H groups in total. The summed E-state index contributed by atoms with van der Waals surface area (Å²) in [5.74, 6) is 5.42. The second-order valence-electron chi connectivity index (χ2n) is 3.32. The van der Waals surface area contributed by atoms with E-state index in [2.05, 4.69) is 31.0 Å². The number of hydrogen-bond donors (Lipinski definition) is 4. The van der Waals surface area contributed by atoms with E-state index in [1.807, 2.05) is 6.92 Å². The van der Waals surface area contributed by atoms with Crippen molar-refractivity contribution >= 4 is 17.8 Å². The molecular weight excluding hydrogens is 238 g/mol. The highest BCUT2D eigenvalue weighted by molar-refractivity contribution is 5.80. The summed E-state index contributed by atoms with van der Waals surface area (Å²) >= 11 is 0. The van der Waals surface area contributed by atoms with Crippen LogP contribution in [0, 0.1) is 0 Å². The third kappa shape index (κ3) is 4.37. The van der Waals surface area contributed by atoms with E-state index >= 15 is 0 Å². The van der Waals surface area contributed by atoms with E-state index in [9.17, 15) is 4.79 Å². The van der Waals surface area contributed by atoms with Gasteiger partial charge >= 0.3 is 6.01 Å². The fraction of sp³-hybridized carbons (Fsp3) is 0.556. The number of aromatic nitrogens is 3. The largest absolute Gasteiger partial charge is 0.467 e. The summed E-state index contributed by atoms with van der Waals surface area (Å²) in [6.07, 6.45) is 0.882. The van der Waals surface area contributed by atoms with Crippen molar-refractivity contribution < 1.29 is 9.53 Å². The van der Waals surface area contributed by atoms with Crippen LogP contribution in [0.1, 0.15) is 13.3 Å². The minimum Gasteiger partial charge on any atom is -0.467 e. The van der Waals surface area contributed by atoms with E-state index in [-0.39, 0.29) is 30.4 Å². The molecule has 9 nitrogen and oxygen atoms in total. The molecule has 9 heteroatoms. The molecule has 0 aliphatic heterocycles. The summed E-state index contributed by atoms with van der Waals surface area (Å²) in [6.45, 7) is 2.68. The molecule has 100 valence electrons. The molecule has 0 fully saturated rings. The van der Waals surface area contributed by atoms with E-state index in [0.717, 1.165) is 6.42 Å². The Balaban J connectivity index is 2.58. The van der Waals surface area contributed by atoms with Gasteiger partial charge in [-0.2, -0.15) is 15.0 Å². The summed E-state index contributed by atoms with van der Waals surface area (Å²) in [5, 5.41) is 5.47. The Kier molecular flexibility index (Phi) is 5.58. The van der Waals surface area contributed by atoms with Gasteiger partial charge in [-0.05, 0) is 6.42 Å². The van der Waals surface area contributed by atoms with Gasteiger partial charge in [0.1, 0.15) is 0 Å². The molecule has 0 aliphatic carbocycles. The summed E-state index contributed by atoms with van der Waals surface area (Å²) in [7, 11) is 1.42. The lowest BCUT2D eigenvalue weighted by Crippen LogP contribution is -2.30. The molecule has 0 saturated carbocycles. The average Bonchev–Trinajstić information content (AvgIpc) is 2.42. The third-order valence-electron chi connectivity index (χ3n) is 1.91. The molecule has 1 heterocycles. The molecule has 0 spiro atoms. The average molecular weight is 255 g/mol. The summed E-state index contributed by atoms with van der Waals surface area (Å²) < 4.78 is 4.87. The Labute approximate surface area is 105 Å². The van der Waals surface area contributed by atoms with Gasteiger partial charge in [0.05, 0.1) is 13.7 Å². The molecule has 0 bridgehead atoms. The van der Waals surface area contributed by atoms with Crippen molar-refractivity contribution in [2.75, 3.05) is 30.9 Å². The number of anilines is 2. The standard InChI is InChI=1S/C9H17N7O2/c1-3-4-11-6(17)5-12-7-13-8(16-10)15-9(14-7)18-2/h3-5,10H2,1-2H3,(H,11,17)(H2,12,13,14,15,16). The first-order valence-corrected chi connectivity index (χ1v) is 5.46. The normalized spacial score (nSPS) is 9.72. The van der Waals surface area contributed by atoms with Gasteiger partial charge in [0.2, 0.25) is 17.8 Å². The van der Waals surface area contributed by atoms with Crippen molar-refractivity contribution in [3.63, 3.8) is 0 Å². The lowest BCUT2D eigenvalue weighted by atomic mass is 10.4. The first-order valence-electron chi connectivity index (χ1n) is 5.46. The van der Waals surface area contributed by atoms with Crippen LogP contribution in [0.5, 0.6) is 6.01 Å². The lowest BCUT2D eigenvalue weighted by molar-refractivity contribution is -0.119. The van der Waals surface area contributed by atoms with Gasteiger partial charge in [0.25, 0.3) is 0 Å². The number of nitrogen functional groups attached to an aromatic ring is 1. The quantitative estimate of drug-likeness (QED) is 0.365. The molecule has 18 heavy (non-hydrogen) atoms. The van der Waals surface area contributed by atoms with Gasteiger partial charge in [-0.1, -0.05) is 6.92 Å². The summed E-state index contributed by atoms with van der Waals surface area (Å²) in [4.78, 5) is 23.0. The summed E-state index contributed by atoms with van der Waals surface area (Å²) in [6, 6.07) is 0.106. The van der Waals surface area contributed by atoms with Gasteiger partial charge in [0.15, 0.2) is 0 Å². The zero-order valence-electron chi connectivity index (χ0n) is 10.4. The van der Waals surface area contributed by atoms with Crippen molar-refractivity contribution in [1.29, 1.82) is 0 Å². The highest BCUT2D eigenvalue weighted by Gasteiger charge is 2.07. The van der Waals surface area contributed by atoms with Crippen molar-refractivity contribution in [3.05, 3.63) is 0 Å². The number of carbonyl (C=O) groups excluding carboxylic acids is 1. The predicted molar refractivity (Wildman–Crippen MR) is 66.0 cm³/mol. The maximum atomic E-state index is 11.4. The van der Waals surface area contributed by atoms with Crippen LogP contribution in [0.3, 0.4) is 0 Å². The zero-order valence-corrected chi connectivity index (χ0v) is 10.4. The van der Waals surface area contributed by atoms with Crippen LogP contribution in [-0.4, -0.2) is 41.1 Å². The number of nitrogens with zero attached hydrogens (tertiary/aromatic N) is 3. The number of amides is 1. The molecule has 0 saturated heterocycles. The number of methoxy groups -OCH3 is 1. The second kappa shape index (κ2) is 7.22. The number of carbonyl (C=O) groups is 1. The monoisotopic (exact) mass is 255 g/mol. The van der Waals surface area contributed by atoms with Crippen molar-refractivity contribution in [3.8, 4) is 6.01 Å². The highest BCUT2D eigenvalue weighted by atomic mass is 16.5. The van der Waals surface area contributed by atoms with Crippen LogP contribution in [0.4, 0.5) is 11.9 Å². The molecule has 0 radical (unpaired) electrons. The summed E-state index contributed by atoms with van der Waals surface area (Å²) in [5.41, 5.74) is 2.28. The number of ether oxygens (including phenoxy) is 1. The van der Waals surface area contributed by atoms with Crippen LogP contribution in [0.15, 0.2) is 0 Å². The molecule has 0 atom stereocenters. The fourth-order valence-corrected chi connectivity index (χ4v) is 1.08. The van der Waals surface area contributed by atoms with Gasteiger partial charge in [-0.3, -0.25) is 10.2 Å². The number of nitrogens with one attached hydrogen (secondary N) is 3. The Morgan fingerprint density at radius 3 is 2.67 bits per heavy atom. The van der Waals surface area contributed by atoms with E-state index in [4.69, 9.17) is 10.6 Å². The number of rotatable bonds is 7. The predicted octanol–water partition coefficient (Wildman–Crippen LogP) is -0.896. The van der Waals surface area contributed by atoms with Gasteiger partial charge in [0, 0.05) is 6.54 Å². The maximum Gasteiger partial charge on any atom is 0.322 e. The van der Waals surface area contributed by atoms with E-state index in [0.29, 0.717) is 6.54 Å². The molecule has 1 amide bonds. The first-order chi connectivity index (χ1) is 8.69. The minimum absolute atomic E-state index is 0.0666. The SMILES string of the molecule is CCCNC(=O)CNc1nc(NN)nc(OC)n1. The van der Waals surface area contributed by atoms with E-state index < -0.39 is 0 Å². The first kappa shape index (κ1) is 13.9. The highest BCUT2D eigenvalue weighted by Crippen LogP contribution is 2.09. The van der Waals surface area contributed by atoms with Crippen LogP contribution >= 0.6 is 0 Å². The molecule has 0 unspecified atom stereocenters. The molecule has 1 aromatic rings. The van der Waals surface area contributed by atoms with Gasteiger partial charge in [-0.25, -0.2) is 5.84 Å². The second-order valence-corrected chi connectivity index (χ2v) is 3.32. The Morgan fingerprint density at radius 1 is 1.33 bits per heavy atom. The maximum absolute atomic E-state index is 11.4. The molecular formula is C9H17N7O2. The number of hydrazine groups is 1. The Bertz CT molecular complexity index is 376. The lowest BCUT2D eigenvalue weighted by Gasteiger charge is -2.07. The van der Waals surface area contributed by atoms with Crippen LogP contribution in [-0.2, 0) is 4.79 Å². The van der Waals surface area contributed by atoms with Crippen molar-refractivity contribution in [2.45, 2.75) is 13.3 Å². The van der Waals surface area contributed by atoms with Crippen molar-refractivity contribution in [2.24, 2.45) is 5.84 Å². The Hall–Kier alpha value is -2.16. The van der Waals surface area contributed by atoms with E-state index in [1.54, 1.807) is 0 Å². The van der Waals surface area contributed by atoms with Crippen LogP contribution in [0.25, 0.3) is 0 Å². The third-order valence-corrected chi connectivity index (χ3v) is 1.91. The molecule has 0 aliphatic rings. The minimum atomic E-state index is -0.140. The van der Waals surface area contributed by atoms with Crippen LogP contribution < -0.4 is 26.6 Å². The number of nitrogens with two attached hydrogens (primary N) is 1. The Morgan fingerprint density at radius 2 is 2.06 bits per heavy atom. The van der Waals surface area contributed by atoms with Gasteiger partial charge < -0.3 is 15.4 Å². The fourth-order valence-electron chi connectivity index (χ4n) is 1.08. The van der Waals surface area contributed by atoms with Crippen LogP contribution in [0.2, 0.25) is 0 Å². The number of hydrogen-bond acceptors (Lipinski definition) is 8. The zero-order chi connectivity index (χ0) is 13.4.